The van der Waals surface area contributed by atoms with Crippen LogP contribution >= 0.6 is 11.6 Å². The molecular formula is C21H19ClN2O4. The standard InChI is InChI=1S/C21H19ClN2O4/c1-21(2,3)14-10-17(22)20(25)18(11-14)23-12-16-8-9-19(28-16)13-4-6-15(7-5-13)24(26)27/h4-12,25H,1-3H3. The van der Waals surface area contributed by atoms with Crippen molar-refractivity contribution in [2.75, 3.05) is 0 Å². The number of halogens is 1. The Balaban J connectivity index is 1.86. The Hall–Kier alpha value is -3.12. The number of phenolic OH excluding ortho intramolecular Hbond substituents is 1. The summed E-state index contributed by atoms with van der Waals surface area (Å²) in [6.45, 7) is 6.14. The summed E-state index contributed by atoms with van der Waals surface area (Å²) in [5, 5.41) is 21.2. The summed E-state index contributed by atoms with van der Waals surface area (Å²) < 4.78 is 5.73. The van der Waals surface area contributed by atoms with Crippen LogP contribution in [0.3, 0.4) is 0 Å². The Morgan fingerprint density at radius 3 is 2.43 bits per heavy atom. The van der Waals surface area contributed by atoms with Crippen molar-refractivity contribution in [2.45, 2.75) is 26.2 Å². The molecule has 2 aromatic carbocycles. The maximum atomic E-state index is 10.7. The monoisotopic (exact) mass is 398 g/mol. The normalized spacial score (nSPS) is 11.9. The molecule has 7 heteroatoms. The van der Waals surface area contributed by atoms with Crippen molar-refractivity contribution in [3.63, 3.8) is 0 Å². The molecule has 1 heterocycles. The number of non-ortho nitro benzene ring substituents is 1. The molecule has 3 aromatic rings. The van der Waals surface area contributed by atoms with E-state index in [2.05, 4.69) is 4.99 Å². The first-order chi connectivity index (χ1) is 13.1. The van der Waals surface area contributed by atoms with Crippen LogP contribution in [0.1, 0.15) is 32.1 Å². The van der Waals surface area contributed by atoms with Crippen molar-refractivity contribution in [3.05, 3.63) is 75.0 Å². The van der Waals surface area contributed by atoms with E-state index in [1.165, 1.54) is 18.3 Å². The van der Waals surface area contributed by atoms with Crippen molar-refractivity contribution in [1.82, 2.24) is 0 Å². The lowest BCUT2D eigenvalue weighted by atomic mass is 9.87. The molecular weight excluding hydrogens is 380 g/mol. The van der Waals surface area contributed by atoms with E-state index < -0.39 is 4.92 Å². The molecule has 3 rings (SSSR count). The number of nitro groups is 1. The lowest BCUT2D eigenvalue weighted by Gasteiger charge is -2.20. The molecule has 0 atom stereocenters. The SMILES string of the molecule is CC(C)(C)c1cc(Cl)c(O)c(N=Cc2ccc(-c3ccc([N+](=O)[O-])cc3)o2)c1. The number of phenols is 1. The second-order valence-corrected chi connectivity index (χ2v) is 7.75. The third-order valence-electron chi connectivity index (χ3n) is 4.23. The van der Waals surface area contributed by atoms with E-state index in [-0.39, 0.29) is 21.9 Å². The summed E-state index contributed by atoms with van der Waals surface area (Å²) in [5.74, 6) is 0.945. The van der Waals surface area contributed by atoms with Crippen LogP contribution in [-0.2, 0) is 5.41 Å². The van der Waals surface area contributed by atoms with Gasteiger partial charge in [-0.3, -0.25) is 10.1 Å². The Kier molecular flexibility index (Phi) is 5.25. The van der Waals surface area contributed by atoms with Crippen molar-refractivity contribution >= 4 is 29.2 Å². The molecule has 0 radical (unpaired) electrons. The summed E-state index contributed by atoms with van der Waals surface area (Å²) in [7, 11) is 0. The molecule has 1 N–H and O–H groups in total. The number of hydrogen-bond donors (Lipinski definition) is 1. The van der Waals surface area contributed by atoms with E-state index in [0.717, 1.165) is 5.56 Å². The molecule has 0 saturated carbocycles. The minimum Gasteiger partial charge on any atom is -0.504 e. The number of aliphatic imine (C=N–C) groups is 1. The highest BCUT2D eigenvalue weighted by Gasteiger charge is 2.18. The van der Waals surface area contributed by atoms with Gasteiger partial charge in [0.1, 0.15) is 17.2 Å². The topological polar surface area (TPSA) is 88.9 Å². The average Bonchev–Trinajstić information content (AvgIpc) is 3.11. The van der Waals surface area contributed by atoms with Gasteiger partial charge in [-0.1, -0.05) is 32.4 Å². The highest BCUT2D eigenvalue weighted by molar-refractivity contribution is 6.32. The van der Waals surface area contributed by atoms with Crippen molar-refractivity contribution in [1.29, 1.82) is 0 Å². The first-order valence-corrected chi connectivity index (χ1v) is 8.94. The summed E-state index contributed by atoms with van der Waals surface area (Å²) in [6.07, 6.45) is 1.49. The average molecular weight is 399 g/mol. The predicted octanol–water partition coefficient (Wildman–Crippen LogP) is 6.26. The Morgan fingerprint density at radius 1 is 1.14 bits per heavy atom. The van der Waals surface area contributed by atoms with Gasteiger partial charge in [-0.2, -0.15) is 0 Å². The smallest absolute Gasteiger partial charge is 0.269 e. The number of nitro benzene ring substituents is 1. The third kappa shape index (κ3) is 4.23. The fourth-order valence-corrected chi connectivity index (χ4v) is 2.79. The molecule has 144 valence electrons. The largest absolute Gasteiger partial charge is 0.504 e. The zero-order valence-corrected chi connectivity index (χ0v) is 16.4. The quantitative estimate of drug-likeness (QED) is 0.319. The van der Waals surface area contributed by atoms with Gasteiger partial charge in [-0.05, 0) is 47.4 Å². The Labute approximate surface area is 167 Å². The van der Waals surface area contributed by atoms with Gasteiger partial charge in [-0.15, -0.1) is 0 Å². The first kappa shape index (κ1) is 19.6. The summed E-state index contributed by atoms with van der Waals surface area (Å²) in [4.78, 5) is 14.6. The third-order valence-corrected chi connectivity index (χ3v) is 4.52. The fourth-order valence-electron chi connectivity index (χ4n) is 2.57. The van der Waals surface area contributed by atoms with E-state index in [1.54, 1.807) is 36.4 Å². The highest BCUT2D eigenvalue weighted by atomic mass is 35.5. The van der Waals surface area contributed by atoms with Crippen LogP contribution in [0.25, 0.3) is 11.3 Å². The second kappa shape index (κ2) is 7.48. The lowest BCUT2D eigenvalue weighted by molar-refractivity contribution is -0.384. The van der Waals surface area contributed by atoms with Crippen molar-refractivity contribution < 1.29 is 14.4 Å². The van der Waals surface area contributed by atoms with Crippen molar-refractivity contribution in [3.8, 4) is 17.1 Å². The van der Waals surface area contributed by atoms with Gasteiger partial charge in [0.2, 0.25) is 0 Å². The van der Waals surface area contributed by atoms with E-state index in [1.807, 2.05) is 20.8 Å². The maximum Gasteiger partial charge on any atom is 0.269 e. The highest BCUT2D eigenvalue weighted by Crippen LogP contribution is 2.38. The molecule has 0 spiro atoms. The lowest BCUT2D eigenvalue weighted by Crippen LogP contribution is -2.10. The van der Waals surface area contributed by atoms with Crippen LogP contribution in [-0.4, -0.2) is 16.2 Å². The minimum atomic E-state index is -0.451. The molecule has 0 aliphatic rings. The van der Waals surface area contributed by atoms with Crippen LogP contribution in [0.2, 0.25) is 5.02 Å². The molecule has 0 aliphatic carbocycles. The number of nitrogens with zero attached hydrogens (tertiary/aromatic N) is 2. The molecule has 0 bridgehead atoms. The number of aromatic hydroxyl groups is 1. The van der Waals surface area contributed by atoms with Gasteiger partial charge < -0.3 is 9.52 Å². The van der Waals surface area contributed by atoms with Gasteiger partial charge in [0.25, 0.3) is 5.69 Å². The van der Waals surface area contributed by atoms with Gasteiger partial charge in [0, 0.05) is 17.7 Å². The molecule has 0 fully saturated rings. The maximum absolute atomic E-state index is 10.7. The van der Waals surface area contributed by atoms with Crippen LogP contribution in [0, 0.1) is 10.1 Å². The molecule has 1 aromatic heterocycles. The first-order valence-electron chi connectivity index (χ1n) is 8.57. The van der Waals surface area contributed by atoms with Crippen LogP contribution < -0.4 is 0 Å². The van der Waals surface area contributed by atoms with Gasteiger partial charge >= 0.3 is 0 Å². The fraction of sp³-hybridized carbons (Fsp3) is 0.190. The zero-order valence-electron chi connectivity index (χ0n) is 15.6. The molecule has 6 nitrogen and oxygen atoms in total. The molecule has 28 heavy (non-hydrogen) atoms. The molecule has 0 amide bonds. The molecule has 0 aliphatic heterocycles. The molecule has 0 saturated heterocycles. The van der Waals surface area contributed by atoms with Crippen LogP contribution in [0.4, 0.5) is 11.4 Å². The van der Waals surface area contributed by atoms with Gasteiger partial charge in [0.15, 0.2) is 5.75 Å². The zero-order chi connectivity index (χ0) is 20.5. The summed E-state index contributed by atoms with van der Waals surface area (Å²) in [5.41, 5.74) is 1.89. The van der Waals surface area contributed by atoms with Crippen molar-refractivity contribution in [2.24, 2.45) is 4.99 Å². The second-order valence-electron chi connectivity index (χ2n) is 7.34. The van der Waals surface area contributed by atoms with Gasteiger partial charge in [-0.25, -0.2) is 4.99 Å². The Morgan fingerprint density at radius 2 is 1.82 bits per heavy atom. The van der Waals surface area contributed by atoms with E-state index in [9.17, 15) is 15.2 Å². The predicted molar refractivity (Wildman–Crippen MR) is 110 cm³/mol. The number of benzene rings is 2. The summed E-state index contributed by atoms with van der Waals surface area (Å²) in [6, 6.07) is 13.1. The van der Waals surface area contributed by atoms with Crippen LogP contribution in [0.5, 0.6) is 5.75 Å². The summed E-state index contributed by atoms with van der Waals surface area (Å²) >= 11 is 6.13. The Bertz CT molecular complexity index is 1050. The van der Waals surface area contributed by atoms with E-state index >= 15 is 0 Å². The number of hydrogen-bond acceptors (Lipinski definition) is 5. The minimum absolute atomic E-state index is 0.0168. The van der Waals surface area contributed by atoms with Gasteiger partial charge in [0.05, 0.1) is 16.2 Å². The number of furan rings is 1. The van der Waals surface area contributed by atoms with E-state index in [0.29, 0.717) is 22.8 Å². The van der Waals surface area contributed by atoms with Crippen LogP contribution in [0.15, 0.2) is 57.9 Å². The van der Waals surface area contributed by atoms with E-state index in [4.69, 9.17) is 16.0 Å². The molecule has 0 unspecified atom stereocenters. The number of rotatable bonds is 4.